The first kappa shape index (κ1) is 14.9. The van der Waals surface area contributed by atoms with E-state index in [0.717, 1.165) is 5.70 Å². The summed E-state index contributed by atoms with van der Waals surface area (Å²) in [5.74, 6) is 5.84. The van der Waals surface area contributed by atoms with Gasteiger partial charge in [0.25, 0.3) is 0 Å². The van der Waals surface area contributed by atoms with Crippen LogP contribution in [0.3, 0.4) is 0 Å². The first-order valence-electron chi connectivity index (χ1n) is 6.22. The number of quaternary nitrogens is 1. The van der Waals surface area contributed by atoms with Crippen molar-refractivity contribution in [3.63, 3.8) is 0 Å². The molecule has 6 nitrogen and oxygen atoms in total. The minimum absolute atomic E-state index is 0.0266. The van der Waals surface area contributed by atoms with Crippen LogP contribution in [0.15, 0.2) is 11.9 Å². The number of hydrogen-bond donors (Lipinski definition) is 2. The number of nitrogens with two attached hydrogens (primary N) is 1. The van der Waals surface area contributed by atoms with Gasteiger partial charge in [0.2, 0.25) is 5.91 Å². The van der Waals surface area contributed by atoms with Gasteiger partial charge in [-0.2, -0.15) is 0 Å². The lowest BCUT2D eigenvalue weighted by Gasteiger charge is -2.28. The summed E-state index contributed by atoms with van der Waals surface area (Å²) in [6.07, 6.45) is 1.73. The van der Waals surface area contributed by atoms with Gasteiger partial charge in [-0.3, -0.25) is 4.79 Å². The predicted octanol–water partition coefficient (Wildman–Crippen LogP) is -0.850. The number of carbonyl (C=O) groups is 1. The molecule has 5 N–H and O–H groups in total. The summed E-state index contributed by atoms with van der Waals surface area (Å²) in [6.45, 7) is 8.86. The number of hydrogen-bond acceptors (Lipinski definition) is 4. The largest absolute Gasteiger partial charge is 0.378 e. The Morgan fingerprint density at radius 1 is 1.44 bits per heavy atom. The third-order valence-electron chi connectivity index (χ3n) is 2.97. The molecule has 1 amide bonds. The highest BCUT2D eigenvalue weighted by molar-refractivity contribution is 5.78. The molecule has 0 aromatic rings. The molecule has 104 valence electrons. The Morgan fingerprint density at radius 3 is 2.50 bits per heavy atom. The first-order chi connectivity index (χ1) is 8.30. The smallest absolute Gasteiger partial charge is 0.243 e. The molecular formula is C12H25N4O2+. The number of amides is 1. The molecule has 1 saturated heterocycles. The molecule has 0 aromatic heterocycles. The molecule has 1 aliphatic rings. The first-order valence-corrected chi connectivity index (χ1v) is 6.22. The van der Waals surface area contributed by atoms with Gasteiger partial charge in [0.05, 0.1) is 19.4 Å². The minimum Gasteiger partial charge on any atom is -0.378 e. The van der Waals surface area contributed by atoms with Gasteiger partial charge in [0, 0.05) is 18.5 Å². The maximum Gasteiger partial charge on any atom is 0.243 e. The zero-order valence-electron chi connectivity index (χ0n) is 11.6. The van der Waals surface area contributed by atoms with E-state index in [0.29, 0.717) is 26.3 Å². The van der Waals surface area contributed by atoms with Crippen LogP contribution in [0, 0.1) is 5.41 Å². The van der Waals surface area contributed by atoms with Gasteiger partial charge in [-0.15, -0.1) is 0 Å². The zero-order chi connectivity index (χ0) is 13.8. The second-order valence-electron chi connectivity index (χ2n) is 5.57. The van der Waals surface area contributed by atoms with Gasteiger partial charge in [-0.05, 0) is 0 Å². The van der Waals surface area contributed by atoms with Gasteiger partial charge >= 0.3 is 0 Å². The molecule has 0 aromatic carbocycles. The van der Waals surface area contributed by atoms with E-state index in [9.17, 15) is 4.79 Å². The number of nitrogens with zero attached hydrogens (tertiary/aromatic N) is 2. The van der Waals surface area contributed by atoms with E-state index < -0.39 is 0 Å². The average molecular weight is 257 g/mol. The van der Waals surface area contributed by atoms with Crippen molar-refractivity contribution < 1.29 is 15.3 Å². The van der Waals surface area contributed by atoms with Crippen molar-refractivity contribution in [3.8, 4) is 0 Å². The van der Waals surface area contributed by atoms with E-state index in [1.807, 2.05) is 0 Å². The Labute approximate surface area is 109 Å². The lowest BCUT2D eigenvalue weighted by Crippen LogP contribution is -2.54. The SMILES string of the molecule is CC(C)(C)/C([NH3+])=C/N(N)CC(=O)N1CCOCC1. The van der Waals surface area contributed by atoms with Crippen LogP contribution in [0.2, 0.25) is 0 Å². The number of allylic oxidation sites excluding steroid dienone is 1. The molecule has 0 atom stereocenters. The van der Waals surface area contributed by atoms with Gasteiger partial charge in [-0.1, -0.05) is 20.8 Å². The van der Waals surface area contributed by atoms with Crippen molar-refractivity contribution >= 4 is 5.91 Å². The zero-order valence-corrected chi connectivity index (χ0v) is 11.6. The molecule has 0 radical (unpaired) electrons. The Morgan fingerprint density at radius 2 is 2.00 bits per heavy atom. The molecule has 0 unspecified atom stereocenters. The van der Waals surface area contributed by atoms with Crippen LogP contribution in [0.1, 0.15) is 20.8 Å². The highest BCUT2D eigenvalue weighted by atomic mass is 16.5. The fourth-order valence-electron chi connectivity index (χ4n) is 1.51. The summed E-state index contributed by atoms with van der Waals surface area (Å²) in [4.78, 5) is 13.7. The van der Waals surface area contributed by atoms with Crippen LogP contribution in [0.25, 0.3) is 0 Å². The normalized spacial score (nSPS) is 17.8. The van der Waals surface area contributed by atoms with Gasteiger partial charge in [0.1, 0.15) is 12.2 Å². The summed E-state index contributed by atoms with van der Waals surface area (Å²) in [5, 5.41) is 1.41. The van der Waals surface area contributed by atoms with E-state index in [4.69, 9.17) is 10.6 Å². The molecule has 1 heterocycles. The Hall–Kier alpha value is -1.11. The second kappa shape index (κ2) is 6.17. The summed E-state index contributed by atoms with van der Waals surface area (Å²) in [5.41, 5.74) is 4.82. The van der Waals surface area contributed by atoms with Gasteiger partial charge in [-0.25, -0.2) is 5.84 Å². The molecule has 6 heteroatoms. The van der Waals surface area contributed by atoms with E-state index >= 15 is 0 Å². The molecule has 1 fully saturated rings. The van der Waals surface area contributed by atoms with E-state index in [1.54, 1.807) is 11.1 Å². The lowest BCUT2D eigenvalue weighted by molar-refractivity contribution is -0.324. The number of rotatable bonds is 3. The Kier molecular flexibility index (Phi) is 5.13. The average Bonchev–Trinajstić information content (AvgIpc) is 2.28. The number of carbonyl (C=O) groups excluding carboxylic acids is 1. The third-order valence-corrected chi connectivity index (χ3v) is 2.97. The standard InChI is InChI=1S/C12H24N4O2/c1-12(2,3)10(13)8-16(14)9-11(17)15-4-6-18-7-5-15/h8H,4-7,9,13-14H2,1-3H3/p+1/b10-8-. The van der Waals surface area contributed by atoms with Crippen molar-refractivity contribution in [3.05, 3.63) is 11.9 Å². The molecule has 1 aliphatic heterocycles. The summed E-state index contributed by atoms with van der Waals surface area (Å²) >= 11 is 0. The quantitative estimate of drug-likeness (QED) is 0.509. The molecule has 1 rings (SSSR count). The fraction of sp³-hybridized carbons (Fsp3) is 0.750. The van der Waals surface area contributed by atoms with E-state index in [2.05, 4.69) is 26.5 Å². The fourth-order valence-corrected chi connectivity index (χ4v) is 1.51. The van der Waals surface area contributed by atoms with Crippen LogP contribution >= 0.6 is 0 Å². The molecular weight excluding hydrogens is 232 g/mol. The van der Waals surface area contributed by atoms with Crippen LogP contribution in [0.5, 0.6) is 0 Å². The van der Waals surface area contributed by atoms with Crippen LogP contribution in [-0.2, 0) is 9.53 Å². The highest BCUT2D eigenvalue weighted by Gasteiger charge is 2.21. The Balaban J connectivity index is 2.49. The van der Waals surface area contributed by atoms with Gasteiger partial charge < -0.3 is 20.4 Å². The summed E-state index contributed by atoms with van der Waals surface area (Å²) < 4.78 is 5.20. The van der Waals surface area contributed by atoms with Gasteiger partial charge in [0.15, 0.2) is 0 Å². The second-order valence-corrected chi connectivity index (χ2v) is 5.57. The highest BCUT2D eigenvalue weighted by Crippen LogP contribution is 2.18. The van der Waals surface area contributed by atoms with Crippen molar-refractivity contribution in [1.82, 2.24) is 9.91 Å². The van der Waals surface area contributed by atoms with Crippen LogP contribution in [0.4, 0.5) is 0 Å². The van der Waals surface area contributed by atoms with E-state index in [-0.39, 0.29) is 17.9 Å². The van der Waals surface area contributed by atoms with Crippen molar-refractivity contribution in [1.29, 1.82) is 0 Å². The molecule has 0 saturated carbocycles. The molecule has 18 heavy (non-hydrogen) atoms. The number of hydrazine groups is 1. The van der Waals surface area contributed by atoms with Crippen LogP contribution < -0.4 is 11.6 Å². The molecule has 0 aliphatic carbocycles. The minimum atomic E-state index is -0.0420. The lowest BCUT2D eigenvalue weighted by atomic mass is 9.93. The monoisotopic (exact) mass is 257 g/mol. The maximum absolute atomic E-state index is 11.9. The topological polar surface area (TPSA) is 86.4 Å². The maximum atomic E-state index is 11.9. The van der Waals surface area contributed by atoms with Crippen LogP contribution in [-0.4, -0.2) is 48.7 Å². The Bertz CT molecular complexity index is 317. The third kappa shape index (κ3) is 4.64. The van der Waals surface area contributed by atoms with Crippen molar-refractivity contribution in [2.75, 3.05) is 32.8 Å². The van der Waals surface area contributed by atoms with Crippen molar-refractivity contribution in [2.45, 2.75) is 20.8 Å². The summed E-state index contributed by atoms with van der Waals surface area (Å²) in [7, 11) is 0. The molecule has 0 bridgehead atoms. The number of morpholine rings is 1. The van der Waals surface area contributed by atoms with E-state index in [1.165, 1.54) is 5.01 Å². The summed E-state index contributed by atoms with van der Waals surface area (Å²) in [6, 6.07) is 0. The predicted molar refractivity (Wildman–Crippen MR) is 68.7 cm³/mol. The number of ether oxygens (including phenoxy) is 1. The molecule has 0 spiro atoms. The van der Waals surface area contributed by atoms with Crippen molar-refractivity contribution in [2.24, 2.45) is 11.3 Å².